The van der Waals surface area contributed by atoms with Crippen molar-refractivity contribution in [3.63, 3.8) is 0 Å². The summed E-state index contributed by atoms with van der Waals surface area (Å²) in [6.45, 7) is 0. The minimum atomic E-state index is 0.861. The van der Waals surface area contributed by atoms with Gasteiger partial charge < -0.3 is 4.42 Å². The highest BCUT2D eigenvalue weighted by molar-refractivity contribution is 6.09. The number of hydrogen-bond donors (Lipinski definition) is 0. The zero-order valence-electron chi connectivity index (χ0n) is 18.3. The van der Waals surface area contributed by atoms with Crippen molar-refractivity contribution in [2.75, 3.05) is 0 Å². The number of nitrogens with zero attached hydrogens (tertiary/aromatic N) is 2. The Bertz CT molecular complexity index is 1810. The predicted octanol–water partition coefficient (Wildman–Crippen LogP) is 8.26. The van der Waals surface area contributed by atoms with E-state index in [9.17, 15) is 0 Å². The zero-order chi connectivity index (χ0) is 22.5. The monoisotopic (exact) mass is 436 g/mol. The molecule has 0 spiro atoms. The number of aromatic nitrogens is 2. The number of fused-ring (bicyclic) bond motifs is 4. The molecule has 5 aromatic carbocycles. The van der Waals surface area contributed by atoms with Crippen molar-refractivity contribution in [3.8, 4) is 28.2 Å². The molecular weight excluding hydrogens is 416 g/mol. The lowest BCUT2D eigenvalue weighted by Crippen LogP contribution is -1.98. The fourth-order valence-electron chi connectivity index (χ4n) is 4.85. The van der Waals surface area contributed by atoms with E-state index < -0.39 is 0 Å². The maximum Gasteiger partial charge on any atom is 0.149 e. The van der Waals surface area contributed by atoms with Crippen LogP contribution in [0.5, 0.6) is 0 Å². The van der Waals surface area contributed by atoms with Gasteiger partial charge in [0.05, 0.1) is 16.6 Å². The molecule has 3 heteroatoms. The van der Waals surface area contributed by atoms with Crippen LogP contribution in [0.2, 0.25) is 0 Å². The Morgan fingerprint density at radius 2 is 1.32 bits per heavy atom. The zero-order valence-corrected chi connectivity index (χ0v) is 18.3. The van der Waals surface area contributed by atoms with E-state index in [2.05, 4.69) is 95.6 Å². The lowest BCUT2D eigenvalue weighted by atomic mass is 10.0. The Hall–Kier alpha value is -4.63. The molecule has 0 radical (unpaired) electrons. The second kappa shape index (κ2) is 7.46. The van der Waals surface area contributed by atoms with Gasteiger partial charge in [0.1, 0.15) is 17.0 Å². The standard InChI is InChI=1S/C31H20N2O/c1-2-10-21(11-3-1)22-12-8-13-23(20-22)33-28-18-6-5-17-27(28)32-31(33)26-16-9-15-25-24-14-4-7-19-29(24)34-30(25)26/h1-20H. The van der Waals surface area contributed by atoms with Gasteiger partial charge in [0.2, 0.25) is 0 Å². The molecule has 2 heterocycles. The second-order valence-electron chi connectivity index (χ2n) is 8.46. The van der Waals surface area contributed by atoms with Crippen molar-refractivity contribution >= 4 is 33.0 Å². The summed E-state index contributed by atoms with van der Waals surface area (Å²) in [6, 6.07) is 41.9. The molecule has 7 rings (SSSR count). The maximum atomic E-state index is 6.36. The van der Waals surface area contributed by atoms with E-state index in [0.717, 1.165) is 50.0 Å². The number of hydrogen-bond acceptors (Lipinski definition) is 2. The van der Waals surface area contributed by atoms with Gasteiger partial charge in [-0.2, -0.15) is 0 Å². The van der Waals surface area contributed by atoms with E-state index in [4.69, 9.17) is 9.40 Å². The van der Waals surface area contributed by atoms with Crippen LogP contribution in [0.25, 0.3) is 61.2 Å². The van der Waals surface area contributed by atoms with Crippen molar-refractivity contribution in [2.24, 2.45) is 0 Å². The molecule has 3 nitrogen and oxygen atoms in total. The summed E-state index contributed by atoms with van der Waals surface area (Å²) in [4.78, 5) is 5.08. The lowest BCUT2D eigenvalue weighted by Gasteiger charge is -2.12. The summed E-state index contributed by atoms with van der Waals surface area (Å²) in [5, 5.41) is 2.22. The van der Waals surface area contributed by atoms with Gasteiger partial charge in [-0.25, -0.2) is 4.98 Å². The summed E-state index contributed by atoms with van der Waals surface area (Å²) < 4.78 is 8.60. The van der Waals surface area contributed by atoms with Crippen LogP contribution in [0.3, 0.4) is 0 Å². The molecule has 0 aliphatic carbocycles. The summed E-state index contributed by atoms with van der Waals surface area (Å²) in [7, 11) is 0. The van der Waals surface area contributed by atoms with E-state index in [-0.39, 0.29) is 0 Å². The van der Waals surface area contributed by atoms with Gasteiger partial charge in [0.25, 0.3) is 0 Å². The van der Waals surface area contributed by atoms with Crippen molar-refractivity contribution in [3.05, 3.63) is 121 Å². The summed E-state index contributed by atoms with van der Waals surface area (Å²) in [5.41, 5.74) is 8.18. The Morgan fingerprint density at radius 1 is 0.588 bits per heavy atom. The number of para-hydroxylation sites is 4. The van der Waals surface area contributed by atoms with E-state index in [1.807, 2.05) is 30.3 Å². The molecule has 160 valence electrons. The average molecular weight is 437 g/mol. The molecular formula is C31H20N2O. The molecule has 0 N–H and O–H groups in total. The lowest BCUT2D eigenvalue weighted by molar-refractivity contribution is 0.669. The molecule has 0 fully saturated rings. The number of rotatable bonds is 3. The summed E-state index contributed by atoms with van der Waals surface area (Å²) in [5.74, 6) is 0.871. The Balaban J connectivity index is 1.53. The Morgan fingerprint density at radius 3 is 2.26 bits per heavy atom. The van der Waals surface area contributed by atoms with Crippen LogP contribution in [0.4, 0.5) is 0 Å². The Kier molecular flexibility index (Phi) is 4.15. The first-order valence-corrected chi connectivity index (χ1v) is 11.4. The van der Waals surface area contributed by atoms with Crippen molar-refractivity contribution in [2.45, 2.75) is 0 Å². The van der Waals surface area contributed by atoms with E-state index in [0.29, 0.717) is 0 Å². The number of furan rings is 1. The van der Waals surface area contributed by atoms with Gasteiger partial charge in [0, 0.05) is 16.5 Å². The molecule has 0 atom stereocenters. The van der Waals surface area contributed by atoms with Crippen molar-refractivity contribution in [1.29, 1.82) is 0 Å². The third kappa shape index (κ3) is 2.87. The topological polar surface area (TPSA) is 31.0 Å². The van der Waals surface area contributed by atoms with Crippen LogP contribution in [0, 0.1) is 0 Å². The second-order valence-corrected chi connectivity index (χ2v) is 8.46. The van der Waals surface area contributed by atoms with Gasteiger partial charge in [-0.1, -0.05) is 84.9 Å². The quantitative estimate of drug-likeness (QED) is 0.279. The molecule has 0 unspecified atom stereocenters. The molecule has 34 heavy (non-hydrogen) atoms. The third-order valence-electron chi connectivity index (χ3n) is 6.42. The molecule has 0 aliphatic rings. The van der Waals surface area contributed by atoms with Gasteiger partial charge in [-0.3, -0.25) is 4.57 Å². The van der Waals surface area contributed by atoms with Crippen LogP contribution in [0.15, 0.2) is 126 Å². The predicted molar refractivity (Wildman–Crippen MR) is 139 cm³/mol. The molecule has 0 aliphatic heterocycles. The van der Waals surface area contributed by atoms with E-state index in [1.54, 1.807) is 0 Å². The smallest absolute Gasteiger partial charge is 0.149 e. The number of benzene rings is 5. The summed E-state index contributed by atoms with van der Waals surface area (Å²) in [6.07, 6.45) is 0. The van der Waals surface area contributed by atoms with E-state index >= 15 is 0 Å². The molecule has 0 bridgehead atoms. The van der Waals surface area contributed by atoms with Gasteiger partial charge in [-0.15, -0.1) is 0 Å². The normalized spacial score (nSPS) is 11.5. The molecule has 7 aromatic rings. The van der Waals surface area contributed by atoms with Gasteiger partial charge in [0.15, 0.2) is 0 Å². The van der Waals surface area contributed by atoms with Crippen LogP contribution in [-0.4, -0.2) is 9.55 Å². The first-order chi connectivity index (χ1) is 16.9. The van der Waals surface area contributed by atoms with E-state index in [1.165, 1.54) is 11.1 Å². The highest BCUT2D eigenvalue weighted by Crippen LogP contribution is 2.38. The largest absolute Gasteiger partial charge is 0.455 e. The average Bonchev–Trinajstić information content (AvgIpc) is 3.48. The van der Waals surface area contributed by atoms with Crippen LogP contribution < -0.4 is 0 Å². The van der Waals surface area contributed by atoms with Crippen molar-refractivity contribution in [1.82, 2.24) is 9.55 Å². The first-order valence-electron chi connectivity index (χ1n) is 11.4. The van der Waals surface area contributed by atoms with Crippen LogP contribution in [0.1, 0.15) is 0 Å². The van der Waals surface area contributed by atoms with Gasteiger partial charge in [-0.05, 0) is 47.5 Å². The Labute approximate surface area is 196 Å². The van der Waals surface area contributed by atoms with Crippen LogP contribution >= 0.6 is 0 Å². The minimum Gasteiger partial charge on any atom is -0.455 e. The number of imidazole rings is 1. The maximum absolute atomic E-state index is 6.36. The van der Waals surface area contributed by atoms with Crippen molar-refractivity contribution < 1.29 is 4.42 Å². The highest BCUT2D eigenvalue weighted by atomic mass is 16.3. The molecule has 0 amide bonds. The van der Waals surface area contributed by atoms with Gasteiger partial charge >= 0.3 is 0 Å². The summed E-state index contributed by atoms with van der Waals surface area (Å²) >= 11 is 0. The highest BCUT2D eigenvalue weighted by Gasteiger charge is 2.19. The van der Waals surface area contributed by atoms with Crippen LogP contribution in [-0.2, 0) is 0 Å². The fraction of sp³-hybridized carbons (Fsp3) is 0. The minimum absolute atomic E-state index is 0.861. The molecule has 0 saturated heterocycles. The first kappa shape index (κ1) is 18.9. The molecule has 0 saturated carbocycles. The molecule has 2 aromatic heterocycles. The third-order valence-corrected chi connectivity index (χ3v) is 6.42. The SMILES string of the molecule is c1ccc(-c2cccc(-n3c(-c4cccc5c4oc4ccccc45)nc4ccccc43)c2)cc1. The fourth-order valence-corrected chi connectivity index (χ4v) is 4.85.